The first-order valence-electron chi connectivity index (χ1n) is 5.41. The van der Waals surface area contributed by atoms with Crippen LogP contribution in [0.4, 0.5) is 0 Å². The Bertz CT molecular complexity index is 321. The molecule has 0 bridgehead atoms. The summed E-state index contributed by atoms with van der Waals surface area (Å²) in [5, 5.41) is 3.48. The highest BCUT2D eigenvalue weighted by Crippen LogP contribution is 2.14. The van der Waals surface area contributed by atoms with Crippen molar-refractivity contribution in [3.63, 3.8) is 0 Å². The van der Waals surface area contributed by atoms with E-state index in [1.807, 2.05) is 19.2 Å². The first kappa shape index (κ1) is 11.7. The Hall–Kier alpha value is -1.33. The molecule has 0 saturated heterocycles. The summed E-state index contributed by atoms with van der Waals surface area (Å²) in [5.41, 5.74) is 1.22. The Balaban J connectivity index is 2.65. The average Bonchev–Trinajstić information content (AvgIpc) is 2.30. The summed E-state index contributed by atoms with van der Waals surface area (Å²) in [7, 11) is 0. The maximum atomic E-state index is 4.13. The molecule has 0 aliphatic rings. The quantitative estimate of drug-likeness (QED) is 0.742. The molecular weight excluding hydrogens is 184 g/mol. The minimum absolute atomic E-state index is 0.311. The Labute approximate surface area is 92.1 Å². The van der Waals surface area contributed by atoms with E-state index in [4.69, 9.17) is 0 Å². The Kier molecular flexibility index (Phi) is 5.50. The summed E-state index contributed by atoms with van der Waals surface area (Å²) in [6.07, 6.45) is 5.69. The van der Waals surface area contributed by atoms with Gasteiger partial charge in [-0.25, -0.2) is 0 Å². The molecule has 1 rings (SSSR count). The zero-order valence-corrected chi connectivity index (χ0v) is 9.46. The summed E-state index contributed by atoms with van der Waals surface area (Å²) in [6.45, 7) is 5.06. The predicted octanol–water partition coefficient (Wildman–Crippen LogP) is 2.54. The van der Waals surface area contributed by atoms with E-state index in [1.165, 1.54) is 5.56 Å². The lowest BCUT2D eigenvalue weighted by atomic mass is 10.1. The number of hydrogen-bond acceptors (Lipinski definition) is 2. The van der Waals surface area contributed by atoms with Gasteiger partial charge in [-0.2, -0.15) is 0 Å². The third kappa shape index (κ3) is 4.14. The molecule has 0 aromatic carbocycles. The molecule has 1 atom stereocenters. The summed E-state index contributed by atoms with van der Waals surface area (Å²) < 4.78 is 0. The fourth-order valence-electron chi connectivity index (χ4n) is 1.41. The molecule has 2 nitrogen and oxygen atoms in total. The zero-order chi connectivity index (χ0) is 10.9. The number of rotatable bonds is 5. The normalized spacial score (nSPS) is 11.6. The Morgan fingerprint density at radius 1 is 1.53 bits per heavy atom. The molecule has 80 valence electrons. The van der Waals surface area contributed by atoms with Crippen molar-refractivity contribution in [3.05, 3.63) is 30.1 Å². The molecule has 1 heterocycles. The van der Waals surface area contributed by atoms with Gasteiger partial charge in [-0.3, -0.25) is 4.98 Å². The van der Waals surface area contributed by atoms with E-state index in [0.29, 0.717) is 6.04 Å². The molecule has 0 aliphatic heterocycles. The van der Waals surface area contributed by atoms with Crippen molar-refractivity contribution in [1.82, 2.24) is 10.3 Å². The standard InChI is InChI=1S/C13H18N2/c1-3-5-8-13(15-9-4-2)12-7-6-10-14-11-12/h6-7,10-11,13,15H,4,8-9H2,1-2H3. The summed E-state index contributed by atoms with van der Waals surface area (Å²) in [6, 6.07) is 4.37. The number of nitrogens with one attached hydrogen (secondary N) is 1. The van der Waals surface area contributed by atoms with Gasteiger partial charge in [0.05, 0.1) is 0 Å². The third-order valence-corrected chi connectivity index (χ3v) is 2.21. The average molecular weight is 202 g/mol. The van der Waals surface area contributed by atoms with E-state index in [9.17, 15) is 0 Å². The number of pyridine rings is 1. The SMILES string of the molecule is CC#CCC(NCCC)c1cccnc1. The Morgan fingerprint density at radius 2 is 2.40 bits per heavy atom. The van der Waals surface area contributed by atoms with E-state index in [-0.39, 0.29) is 0 Å². The van der Waals surface area contributed by atoms with Gasteiger partial charge < -0.3 is 5.32 Å². The fourth-order valence-corrected chi connectivity index (χ4v) is 1.41. The van der Waals surface area contributed by atoms with Gasteiger partial charge in [-0.05, 0) is 31.5 Å². The summed E-state index contributed by atoms with van der Waals surface area (Å²) in [5.74, 6) is 6.05. The molecule has 0 fully saturated rings. The lowest BCUT2D eigenvalue weighted by molar-refractivity contribution is 0.541. The Morgan fingerprint density at radius 3 is 3.00 bits per heavy atom. The second kappa shape index (κ2) is 7.03. The summed E-state index contributed by atoms with van der Waals surface area (Å²) >= 11 is 0. The molecule has 1 N–H and O–H groups in total. The molecule has 1 aromatic rings. The lowest BCUT2D eigenvalue weighted by Crippen LogP contribution is -2.21. The maximum Gasteiger partial charge on any atom is 0.0446 e. The second-order valence-corrected chi connectivity index (χ2v) is 3.42. The van der Waals surface area contributed by atoms with Crippen molar-refractivity contribution in [2.75, 3.05) is 6.54 Å². The number of hydrogen-bond donors (Lipinski definition) is 1. The molecule has 0 radical (unpaired) electrons. The molecule has 1 aromatic heterocycles. The fraction of sp³-hybridized carbons (Fsp3) is 0.462. The first-order chi connectivity index (χ1) is 7.38. The van der Waals surface area contributed by atoms with Crippen LogP contribution in [-0.2, 0) is 0 Å². The van der Waals surface area contributed by atoms with Gasteiger partial charge >= 0.3 is 0 Å². The zero-order valence-electron chi connectivity index (χ0n) is 9.46. The predicted molar refractivity (Wildman–Crippen MR) is 63.3 cm³/mol. The van der Waals surface area contributed by atoms with E-state index in [0.717, 1.165) is 19.4 Å². The van der Waals surface area contributed by atoms with Crippen LogP contribution in [0, 0.1) is 11.8 Å². The largest absolute Gasteiger partial charge is 0.309 e. The lowest BCUT2D eigenvalue weighted by Gasteiger charge is -2.15. The van der Waals surface area contributed by atoms with E-state index >= 15 is 0 Å². The number of nitrogens with zero attached hydrogens (tertiary/aromatic N) is 1. The van der Waals surface area contributed by atoms with Crippen LogP contribution in [0.25, 0.3) is 0 Å². The minimum atomic E-state index is 0.311. The topological polar surface area (TPSA) is 24.9 Å². The molecule has 0 spiro atoms. The highest BCUT2D eigenvalue weighted by molar-refractivity contribution is 5.16. The molecule has 2 heteroatoms. The second-order valence-electron chi connectivity index (χ2n) is 3.42. The molecule has 0 aliphatic carbocycles. The molecule has 15 heavy (non-hydrogen) atoms. The van der Waals surface area contributed by atoms with E-state index < -0.39 is 0 Å². The summed E-state index contributed by atoms with van der Waals surface area (Å²) in [4.78, 5) is 4.13. The number of aromatic nitrogens is 1. The maximum absolute atomic E-state index is 4.13. The highest BCUT2D eigenvalue weighted by Gasteiger charge is 2.08. The van der Waals surface area contributed by atoms with Crippen LogP contribution >= 0.6 is 0 Å². The first-order valence-corrected chi connectivity index (χ1v) is 5.41. The van der Waals surface area contributed by atoms with Gasteiger partial charge in [0.15, 0.2) is 0 Å². The highest BCUT2D eigenvalue weighted by atomic mass is 14.9. The van der Waals surface area contributed by atoms with E-state index in [2.05, 4.69) is 35.1 Å². The van der Waals surface area contributed by atoms with Crippen molar-refractivity contribution < 1.29 is 0 Å². The molecule has 1 unspecified atom stereocenters. The van der Waals surface area contributed by atoms with E-state index in [1.54, 1.807) is 6.20 Å². The van der Waals surface area contributed by atoms with Gasteiger partial charge in [-0.15, -0.1) is 11.8 Å². The smallest absolute Gasteiger partial charge is 0.0446 e. The van der Waals surface area contributed by atoms with Gasteiger partial charge in [-0.1, -0.05) is 13.0 Å². The van der Waals surface area contributed by atoms with Crippen LogP contribution in [0.3, 0.4) is 0 Å². The third-order valence-electron chi connectivity index (χ3n) is 2.21. The molecular formula is C13H18N2. The van der Waals surface area contributed by atoms with Crippen LogP contribution in [0.5, 0.6) is 0 Å². The van der Waals surface area contributed by atoms with Crippen molar-refractivity contribution in [2.24, 2.45) is 0 Å². The van der Waals surface area contributed by atoms with Crippen LogP contribution in [0.1, 0.15) is 38.3 Å². The van der Waals surface area contributed by atoms with Crippen molar-refractivity contribution >= 4 is 0 Å². The van der Waals surface area contributed by atoms with Crippen LogP contribution in [-0.4, -0.2) is 11.5 Å². The van der Waals surface area contributed by atoms with Gasteiger partial charge in [0, 0.05) is 24.9 Å². The van der Waals surface area contributed by atoms with Crippen molar-refractivity contribution in [3.8, 4) is 11.8 Å². The van der Waals surface area contributed by atoms with Crippen molar-refractivity contribution in [1.29, 1.82) is 0 Å². The molecule has 0 amide bonds. The van der Waals surface area contributed by atoms with Crippen LogP contribution < -0.4 is 5.32 Å². The monoisotopic (exact) mass is 202 g/mol. The minimum Gasteiger partial charge on any atom is -0.309 e. The van der Waals surface area contributed by atoms with Crippen LogP contribution in [0.2, 0.25) is 0 Å². The van der Waals surface area contributed by atoms with Gasteiger partial charge in [0.25, 0.3) is 0 Å². The van der Waals surface area contributed by atoms with Crippen molar-refractivity contribution in [2.45, 2.75) is 32.7 Å². The van der Waals surface area contributed by atoms with Crippen LogP contribution in [0.15, 0.2) is 24.5 Å². The molecule has 0 saturated carbocycles. The van der Waals surface area contributed by atoms with Gasteiger partial charge in [0.1, 0.15) is 0 Å². The van der Waals surface area contributed by atoms with Gasteiger partial charge in [0.2, 0.25) is 0 Å².